The summed E-state index contributed by atoms with van der Waals surface area (Å²) < 4.78 is 0. The summed E-state index contributed by atoms with van der Waals surface area (Å²) in [7, 11) is 0. The van der Waals surface area contributed by atoms with E-state index in [0.717, 1.165) is 31.5 Å². The molecule has 1 aromatic carbocycles. The molecule has 2 fully saturated rings. The summed E-state index contributed by atoms with van der Waals surface area (Å²) in [5.41, 5.74) is 0.159. The first-order chi connectivity index (χ1) is 8.11. The molecule has 2 atom stereocenters. The van der Waals surface area contributed by atoms with E-state index in [2.05, 4.69) is 4.90 Å². The molecule has 2 unspecified atom stereocenters. The van der Waals surface area contributed by atoms with Crippen LogP contribution in [0.25, 0.3) is 0 Å². The third-order valence-corrected chi connectivity index (χ3v) is 4.85. The Balaban J connectivity index is 1.99. The summed E-state index contributed by atoms with van der Waals surface area (Å²) in [6.07, 6.45) is 3.03. The highest BCUT2D eigenvalue weighted by atomic mass is 35.5. The first-order valence-corrected chi connectivity index (χ1v) is 6.79. The second-order valence-electron chi connectivity index (χ2n) is 5.00. The van der Waals surface area contributed by atoms with Crippen molar-refractivity contribution in [3.8, 4) is 0 Å². The third kappa shape index (κ3) is 1.78. The molecule has 0 amide bonds. The summed E-state index contributed by atoms with van der Waals surface area (Å²) in [6, 6.07) is 5.73. The highest BCUT2D eigenvalue weighted by Gasteiger charge is 2.48. The Morgan fingerprint density at radius 2 is 2.06 bits per heavy atom. The molecule has 4 heteroatoms. The Hall–Kier alpha value is -0.280. The van der Waals surface area contributed by atoms with Gasteiger partial charge in [0.1, 0.15) is 5.60 Å². The van der Waals surface area contributed by atoms with Gasteiger partial charge in [-0.15, -0.1) is 0 Å². The van der Waals surface area contributed by atoms with Crippen LogP contribution in [0.5, 0.6) is 0 Å². The lowest BCUT2D eigenvalue weighted by Gasteiger charge is -2.30. The van der Waals surface area contributed by atoms with Gasteiger partial charge in [-0.05, 0) is 43.5 Å². The molecular weight excluding hydrogens is 257 g/mol. The van der Waals surface area contributed by atoms with Crippen LogP contribution in [0, 0.1) is 0 Å². The summed E-state index contributed by atoms with van der Waals surface area (Å²) in [6.45, 7) is 2.08. The predicted molar refractivity (Wildman–Crippen MR) is 69.6 cm³/mol. The van der Waals surface area contributed by atoms with Crippen molar-refractivity contribution in [1.29, 1.82) is 0 Å². The van der Waals surface area contributed by atoms with E-state index in [1.807, 2.05) is 12.1 Å². The quantitative estimate of drug-likeness (QED) is 0.849. The Kier molecular flexibility index (Phi) is 2.86. The molecule has 2 aliphatic rings. The molecule has 0 aliphatic carbocycles. The van der Waals surface area contributed by atoms with E-state index >= 15 is 0 Å². The zero-order valence-electron chi connectivity index (χ0n) is 9.50. The SMILES string of the molecule is OC1(c2ccc(Cl)c(Cl)c2)CCN2CCCC21. The van der Waals surface area contributed by atoms with E-state index in [9.17, 15) is 5.11 Å². The fraction of sp³-hybridized carbons (Fsp3) is 0.538. The van der Waals surface area contributed by atoms with Gasteiger partial charge in [0, 0.05) is 12.6 Å². The molecule has 3 rings (SSSR count). The summed E-state index contributed by atoms with van der Waals surface area (Å²) in [4.78, 5) is 2.38. The van der Waals surface area contributed by atoms with E-state index in [1.54, 1.807) is 6.07 Å². The fourth-order valence-electron chi connectivity index (χ4n) is 3.22. The van der Waals surface area contributed by atoms with Crippen molar-refractivity contribution in [2.24, 2.45) is 0 Å². The second-order valence-corrected chi connectivity index (χ2v) is 5.81. The molecule has 2 nitrogen and oxygen atoms in total. The van der Waals surface area contributed by atoms with Gasteiger partial charge >= 0.3 is 0 Å². The molecule has 0 radical (unpaired) electrons. The molecule has 17 heavy (non-hydrogen) atoms. The highest BCUT2D eigenvalue weighted by molar-refractivity contribution is 6.42. The number of nitrogens with zero attached hydrogens (tertiary/aromatic N) is 1. The van der Waals surface area contributed by atoms with Gasteiger partial charge in [0.15, 0.2) is 0 Å². The fourth-order valence-corrected chi connectivity index (χ4v) is 3.52. The van der Waals surface area contributed by atoms with Crippen molar-refractivity contribution in [3.05, 3.63) is 33.8 Å². The standard InChI is InChI=1S/C13H15Cl2NO/c14-10-4-3-9(8-11(10)15)13(17)5-7-16-6-1-2-12(13)16/h3-4,8,12,17H,1-2,5-7H2. The minimum Gasteiger partial charge on any atom is -0.383 e. The maximum absolute atomic E-state index is 10.9. The number of benzene rings is 1. The van der Waals surface area contributed by atoms with E-state index in [4.69, 9.17) is 23.2 Å². The zero-order valence-corrected chi connectivity index (χ0v) is 11.0. The number of hydrogen-bond donors (Lipinski definition) is 1. The molecule has 1 N–H and O–H groups in total. The first kappa shape index (κ1) is 11.8. The lowest BCUT2D eigenvalue weighted by Crippen LogP contribution is -2.38. The largest absolute Gasteiger partial charge is 0.383 e. The minimum atomic E-state index is -0.745. The van der Waals surface area contributed by atoms with Gasteiger partial charge in [-0.25, -0.2) is 0 Å². The van der Waals surface area contributed by atoms with Crippen LogP contribution < -0.4 is 0 Å². The zero-order chi connectivity index (χ0) is 12.0. The molecule has 0 saturated carbocycles. The normalized spacial score (nSPS) is 33.0. The lowest BCUT2D eigenvalue weighted by molar-refractivity contribution is 0.00939. The molecule has 2 aliphatic heterocycles. The van der Waals surface area contributed by atoms with Crippen molar-refractivity contribution in [3.63, 3.8) is 0 Å². The molecular formula is C13H15Cl2NO. The van der Waals surface area contributed by atoms with Crippen molar-refractivity contribution in [2.45, 2.75) is 30.9 Å². The van der Waals surface area contributed by atoms with Crippen molar-refractivity contribution >= 4 is 23.2 Å². The van der Waals surface area contributed by atoms with Crippen LogP contribution in [0.4, 0.5) is 0 Å². The van der Waals surface area contributed by atoms with Gasteiger partial charge in [0.05, 0.1) is 10.0 Å². The average molecular weight is 272 g/mol. The van der Waals surface area contributed by atoms with Crippen molar-refractivity contribution in [2.75, 3.05) is 13.1 Å². The molecule has 92 valence electrons. The van der Waals surface area contributed by atoms with Crippen LogP contribution >= 0.6 is 23.2 Å². The van der Waals surface area contributed by atoms with Crippen molar-refractivity contribution in [1.82, 2.24) is 4.90 Å². The topological polar surface area (TPSA) is 23.5 Å². The Labute approximate surface area is 111 Å². The van der Waals surface area contributed by atoms with Gasteiger partial charge in [-0.1, -0.05) is 29.3 Å². The van der Waals surface area contributed by atoms with Gasteiger partial charge in [-0.3, -0.25) is 4.90 Å². The van der Waals surface area contributed by atoms with Gasteiger partial charge in [0.2, 0.25) is 0 Å². The van der Waals surface area contributed by atoms with E-state index < -0.39 is 5.60 Å². The van der Waals surface area contributed by atoms with E-state index in [1.165, 1.54) is 6.42 Å². The second kappa shape index (κ2) is 4.13. The van der Waals surface area contributed by atoms with Crippen LogP contribution in [0.3, 0.4) is 0 Å². The average Bonchev–Trinajstić information content (AvgIpc) is 2.88. The number of fused-ring (bicyclic) bond motifs is 1. The Morgan fingerprint density at radius 1 is 1.24 bits per heavy atom. The lowest BCUT2D eigenvalue weighted by atomic mass is 9.85. The molecule has 2 saturated heterocycles. The van der Waals surface area contributed by atoms with Gasteiger partial charge in [-0.2, -0.15) is 0 Å². The molecule has 0 spiro atoms. The van der Waals surface area contributed by atoms with E-state index in [-0.39, 0.29) is 6.04 Å². The minimum absolute atomic E-state index is 0.250. The smallest absolute Gasteiger partial charge is 0.106 e. The van der Waals surface area contributed by atoms with Gasteiger partial charge < -0.3 is 5.11 Å². The number of aliphatic hydroxyl groups is 1. The Bertz CT molecular complexity index is 451. The number of rotatable bonds is 1. The van der Waals surface area contributed by atoms with Crippen molar-refractivity contribution < 1.29 is 5.11 Å². The maximum Gasteiger partial charge on any atom is 0.106 e. The van der Waals surface area contributed by atoms with Crippen LogP contribution in [-0.2, 0) is 5.60 Å². The van der Waals surface area contributed by atoms with Crippen LogP contribution in [0.2, 0.25) is 10.0 Å². The van der Waals surface area contributed by atoms with Crippen LogP contribution in [-0.4, -0.2) is 29.1 Å². The third-order valence-electron chi connectivity index (χ3n) is 4.11. The van der Waals surface area contributed by atoms with Gasteiger partial charge in [0.25, 0.3) is 0 Å². The Morgan fingerprint density at radius 3 is 2.82 bits per heavy atom. The maximum atomic E-state index is 10.9. The molecule has 0 bridgehead atoms. The van der Waals surface area contributed by atoms with Crippen LogP contribution in [0.15, 0.2) is 18.2 Å². The predicted octanol–water partition coefficient (Wildman–Crippen LogP) is 3.05. The van der Waals surface area contributed by atoms with E-state index in [0.29, 0.717) is 10.0 Å². The number of halogens is 2. The van der Waals surface area contributed by atoms with Crippen LogP contribution in [0.1, 0.15) is 24.8 Å². The molecule has 2 heterocycles. The molecule has 1 aromatic rings. The summed E-state index contributed by atoms with van der Waals surface area (Å²) >= 11 is 12.0. The summed E-state index contributed by atoms with van der Waals surface area (Å²) in [5.74, 6) is 0. The number of hydrogen-bond acceptors (Lipinski definition) is 2. The molecule has 0 aromatic heterocycles. The summed E-state index contributed by atoms with van der Waals surface area (Å²) in [5, 5.41) is 12.0. The monoisotopic (exact) mass is 271 g/mol. The first-order valence-electron chi connectivity index (χ1n) is 6.03. The highest BCUT2D eigenvalue weighted by Crippen LogP contribution is 2.43.